The second-order valence-electron chi connectivity index (χ2n) is 5.04. The number of hydrogen-bond donors (Lipinski definition) is 0. The minimum absolute atomic E-state index is 0.165. The van der Waals surface area contributed by atoms with Gasteiger partial charge in [-0.2, -0.15) is 0 Å². The lowest BCUT2D eigenvalue weighted by Crippen LogP contribution is -2.44. The van der Waals surface area contributed by atoms with Gasteiger partial charge in [-0.1, -0.05) is 6.92 Å². The molecule has 0 unspecified atom stereocenters. The Labute approximate surface area is 121 Å². The SMILES string of the molecule is CCOC1(C(=O)c2sccc2Br)CCC(C)CC1. The number of ether oxygens (including phenoxy) is 1. The van der Waals surface area contributed by atoms with Gasteiger partial charge in [0.1, 0.15) is 5.60 Å². The molecule has 1 fully saturated rings. The molecule has 0 amide bonds. The first kappa shape index (κ1) is 14.2. The Morgan fingerprint density at radius 2 is 2.22 bits per heavy atom. The highest BCUT2D eigenvalue weighted by atomic mass is 79.9. The molecule has 1 aliphatic rings. The number of halogens is 1. The first-order chi connectivity index (χ1) is 8.59. The van der Waals surface area contributed by atoms with Crippen LogP contribution in [0.3, 0.4) is 0 Å². The molecule has 1 aromatic heterocycles. The van der Waals surface area contributed by atoms with Crippen LogP contribution in [0.4, 0.5) is 0 Å². The first-order valence-electron chi connectivity index (χ1n) is 6.51. The molecule has 4 heteroatoms. The molecule has 1 aliphatic carbocycles. The molecule has 0 spiro atoms. The molecule has 1 saturated carbocycles. The molecule has 0 N–H and O–H groups in total. The molecule has 0 aliphatic heterocycles. The van der Waals surface area contributed by atoms with Crippen molar-refractivity contribution in [3.63, 3.8) is 0 Å². The summed E-state index contributed by atoms with van der Waals surface area (Å²) in [6.07, 6.45) is 3.86. The minimum atomic E-state index is -0.575. The van der Waals surface area contributed by atoms with Gasteiger partial charge in [0, 0.05) is 11.1 Å². The standard InChI is InChI=1S/C14H19BrO2S/c1-3-17-14(7-4-10(2)5-8-14)13(16)12-11(15)6-9-18-12/h6,9-10H,3-5,7-8H2,1-2H3. The maximum Gasteiger partial charge on any atom is 0.205 e. The van der Waals surface area contributed by atoms with Crippen molar-refractivity contribution in [3.05, 3.63) is 20.8 Å². The van der Waals surface area contributed by atoms with Gasteiger partial charge in [-0.15, -0.1) is 11.3 Å². The van der Waals surface area contributed by atoms with Gasteiger partial charge in [0.2, 0.25) is 5.78 Å². The Morgan fingerprint density at radius 1 is 1.56 bits per heavy atom. The third-order valence-electron chi connectivity index (χ3n) is 3.74. The predicted octanol–water partition coefficient (Wildman–Crippen LogP) is 4.68. The molecular weight excluding hydrogens is 312 g/mol. The summed E-state index contributed by atoms with van der Waals surface area (Å²) < 4.78 is 6.79. The van der Waals surface area contributed by atoms with Crippen LogP contribution in [0.2, 0.25) is 0 Å². The van der Waals surface area contributed by atoms with Crippen LogP contribution in [-0.2, 0) is 4.74 Å². The van der Waals surface area contributed by atoms with Crippen LogP contribution in [0.15, 0.2) is 15.9 Å². The molecule has 0 radical (unpaired) electrons. The summed E-state index contributed by atoms with van der Waals surface area (Å²) in [4.78, 5) is 13.6. The summed E-state index contributed by atoms with van der Waals surface area (Å²) in [6, 6.07) is 1.93. The van der Waals surface area contributed by atoms with Crippen molar-refractivity contribution < 1.29 is 9.53 Å². The summed E-state index contributed by atoms with van der Waals surface area (Å²) in [5.74, 6) is 0.872. The zero-order valence-electron chi connectivity index (χ0n) is 10.9. The molecule has 0 aromatic carbocycles. The Hall–Kier alpha value is -0.190. The van der Waals surface area contributed by atoms with Gasteiger partial charge in [-0.05, 0) is 65.9 Å². The van der Waals surface area contributed by atoms with Crippen molar-refractivity contribution in [3.8, 4) is 0 Å². The van der Waals surface area contributed by atoms with Crippen molar-refractivity contribution in [2.45, 2.75) is 45.1 Å². The zero-order chi connectivity index (χ0) is 13.2. The number of Topliss-reactive ketones (excluding diaryl/α,β-unsaturated/α-hetero) is 1. The first-order valence-corrected chi connectivity index (χ1v) is 8.18. The van der Waals surface area contributed by atoms with Crippen molar-refractivity contribution in [2.24, 2.45) is 5.92 Å². The average Bonchev–Trinajstić information content (AvgIpc) is 2.78. The Kier molecular flexibility index (Phi) is 4.62. The summed E-state index contributed by atoms with van der Waals surface area (Å²) in [5.41, 5.74) is -0.575. The molecule has 2 rings (SSSR count). The van der Waals surface area contributed by atoms with Gasteiger partial charge in [0.15, 0.2) is 0 Å². The van der Waals surface area contributed by atoms with Crippen LogP contribution in [0.5, 0.6) is 0 Å². The summed E-state index contributed by atoms with van der Waals surface area (Å²) >= 11 is 4.95. The normalized spacial score (nSPS) is 28.3. The van der Waals surface area contributed by atoms with Gasteiger partial charge in [-0.3, -0.25) is 4.79 Å². The van der Waals surface area contributed by atoms with E-state index in [1.807, 2.05) is 18.4 Å². The number of rotatable bonds is 4. The van der Waals surface area contributed by atoms with E-state index in [4.69, 9.17) is 4.74 Å². The number of thiophene rings is 1. The highest BCUT2D eigenvalue weighted by Crippen LogP contribution is 2.39. The fraction of sp³-hybridized carbons (Fsp3) is 0.643. The largest absolute Gasteiger partial charge is 0.367 e. The molecule has 1 heterocycles. The van der Waals surface area contributed by atoms with Crippen LogP contribution in [0, 0.1) is 5.92 Å². The maximum atomic E-state index is 12.8. The van der Waals surface area contributed by atoms with E-state index in [2.05, 4.69) is 22.9 Å². The molecule has 0 saturated heterocycles. The zero-order valence-corrected chi connectivity index (χ0v) is 13.3. The lowest BCUT2D eigenvalue weighted by molar-refractivity contribution is -0.0471. The number of carbonyl (C=O) groups excluding carboxylic acids is 1. The fourth-order valence-corrected chi connectivity index (χ4v) is 4.19. The third-order valence-corrected chi connectivity index (χ3v) is 5.58. The van der Waals surface area contributed by atoms with E-state index in [9.17, 15) is 4.79 Å². The summed E-state index contributed by atoms with van der Waals surface area (Å²) in [6.45, 7) is 4.82. The van der Waals surface area contributed by atoms with E-state index in [1.54, 1.807) is 0 Å². The van der Waals surface area contributed by atoms with E-state index >= 15 is 0 Å². The van der Waals surface area contributed by atoms with Crippen LogP contribution in [0.1, 0.15) is 49.2 Å². The van der Waals surface area contributed by atoms with Gasteiger partial charge in [-0.25, -0.2) is 0 Å². The number of carbonyl (C=O) groups is 1. The van der Waals surface area contributed by atoms with E-state index in [0.29, 0.717) is 12.5 Å². The second-order valence-corrected chi connectivity index (χ2v) is 6.81. The predicted molar refractivity (Wildman–Crippen MR) is 78.3 cm³/mol. The van der Waals surface area contributed by atoms with E-state index in [-0.39, 0.29) is 5.78 Å². The minimum Gasteiger partial charge on any atom is -0.367 e. The smallest absolute Gasteiger partial charge is 0.205 e. The third kappa shape index (κ3) is 2.70. The molecular formula is C14H19BrO2S. The summed E-state index contributed by atoms with van der Waals surface area (Å²) in [7, 11) is 0. The Morgan fingerprint density at radius 3 is 2.72 bits per heavy atom. The molecule has 18 heavy (non-hydrogen) atoms. The molecule has 1 aromatic rings. The maximum absolute atomic E-state index is 12.8. The van der Waals surface area contributed by atoms with E-state index < -0.39 is 5.60 Å². The van der Waals surface area contributed by atoms with Crippen LogP contribution in [-0.4, -0.2) is 18.0 Å². The van der Waals surface area contributed by atoms with E-state index in [1.165, 1.54) is 11.3 Å². The van der Waals surface area contributed by atoms with Crippen LogP contribution in [0.25, 0.3) is 0 Å². The molecule has 100 valence electrons. The topological polar surface area (TPSA) is 26.3 Å². The molecule has 0 atom stereocenters. The summed E-state index contributed by atoms with van der Waals surface area (Å²) in [5, 5.41) is 1.95. The lowest BCUT2D eigenvalue weighted by Gasteiger charge is -2.37. The fourth-order valence-electron chi connectivity index (χ4n) is 2.60. The molecule has 2 nitrogen and oxygen atoms in total. The van der Waals surface area contributed by atoms with Crippen molar-refractivity contribution in [2.75, 3.05) is 6.61 Å². The lowest BCUT2D eigenvalue weighted by atomic mass is 9.76. The van der Waals surface area contributed by atoms with E-state index in [0.717, 1.165) is 35.0 Å². The number of hydrogen-bond acceptors (Lipinski definition) is 3. The van der Waals surface area contributed by atoms with Crippen molar-refractivity contribution in [1.29, 1.82) is 0 Å². The van der Waals surface area contributed by atoms with Gasteiger partial charge >= 0.3 is 0 Å². The van der Waals surface area contributed by atoms with Gasteiger partial charge in [0.25, 0.3) is 0 Å². The quantitative estimate of drug-likeness (QED) is 0.749. The highest BCUT2D eigenvalue weighted by Gasteiger charge is 2.43. The average molecular weight is 331 g/mol. The van der Waals surface area contributed by atoms with Gasteiger partial charge in [0.05, 0.1) is 4.88 Å². The Balaban J connectivity index is 2.25. The molecule has 0 bridgehead atoms. The Bertz CT molecular complexity index is 419. The monoisotopic (exact) mass is 330 g/mol. The number of ketones is 1. The van der Waals surface area contributed by atoms with Crippen LogP contribution >= 0.6 is 27.3 Å². The van der Waals surface area contributed by atoms with Crippen molar-refractivity contribution in [1.82, 2.24) is 0 Å². The van der Waals surface area contributed by atoms with Gasteiger partial charge < -0.3 is 4.74 Å². The van der Waals surface area contributed by atoms with Crippen LogP contribution < -0.4 is 0 Å². The highest BCUT2D eigenvalue weighted by molar-refractivity contribution is 9.10. The second kappa shape index (κ2) is 5.85. The van der Waals surface area contributed by atoms with Crippen molar-refractivity contribution >= 4 is 33.0 Å².